The summed E-state index contributed by atoms with van der Waals surface area (Å²) in [5.41, 5.74) is 1.18. The Balaban J connectivity index is 1.71. The lowest BCUT2D eigenvalue weighted by Gasteiger charge is -2.26. The van der Waals surface area contributed by atoms with E-state index < -0.39 is 0 Å². The second kappa shape index (κ2) is 6.04. The lowest BCUT2D eigenvalue weighted by atomic mass is 9.82. The first kappa shape index (κ1) is 15.5. The van der Waals surface area contributed by atoms with E-state index in [4.69, 9.17) is 4.74 Å². The monoisotopic (exact) mass is 301 g/mol. The van der Waals surface area contributed by atoms with Crippen LogP contribution in [0.1, 0.15) is 45.2 Å². The van der Waals surface area contributed by atoms with Gasteiger partial charge in [-0.05, 0) is 44.1 Å². The van der Waals surface area contributed by atoms with E-state index in [-0.39, 0.29) is 11.4 Å². The Hall–Kier alpha value is -1.35. The molecule has 1 aromatic carbocycles. The van der Waals surface area contributed by atoms with Crippen molar-refractivity contribution < 1.29 is 9.53 Å². The minimum atomic E-state index is -0.180. The third kappa shape index (κ3) is 2.67. The van der Waals surface area contributed by atoms with Gasteiger partial charge in [0.25, 0.3) is 0 Å². The summed E-state index contributed by atoms with van der Waals surface area (Å²) in [6.07, 6.45) is 2.02. The van der Waals surface area contributed by atoms with Gasteiger partial charge in [0.1, 0.15) is 0 Å². The Labute approximate surface area is 133 Å². The van der Waals surface area contributed by atoms with Crippen molar-refractivity contribution in [2.75, 3.05) is 19.7 Å². The van der Waals surface area contributed by atoms with Gasteiger partial charge in [0.15, 0.2) is 0 Å². The third-order valence-corrected chi connectivity index (χ3v) is 5.65. The minimum Gasteiger partial charge on any atom is -0.466 e. The summed E-state index contributed by atoms with van der Waals surface area (Å²) in [5.74, 6) is 1.04. The predicted octanol–water partition coefficient (Wildman–Crippen LogP) is 3.66. The molecule has 1 aromatic rings. The number of carbonyl (C=O) groups excluding carboxylic acids is 1. The molecule has 0 bridgehead atoms. The van der Waals surface area contributed by atoms with Crippen molar-refractivity contribution in [3.63, 3.8) is 0 Å². The molecule has 3 rings (SSSR count). The zero-order chi connectivity index (χ0) is 15.7. The highest BCUT2D eigenvalue weighted by Crippen LogP contribution is 2.57. The van der Waals surface area contributed by atoms with Crippen LogP contribution in [-0.2, 0) is 9.53 Å². The van der Waals surface area contributed by atoms with Crippen molar-refractivity contribution in [2.45, 2.75) is 39.7 Å². The number of hydrogen-bond acceptors (Lipinski definition) is 3. The Morgan fingerprint density at radius 2 is 2.00 bits per heavy atom. The Morgan fingerprint density at radius 3 is 2.59 bits per heavy atom. The van der Waals surface area contributed by atoms with E-state index in [9.17, 15) is 4.79 Å². The molecule has 2 aliphatic rings. The van der Waals surface area contributed by atoms with E-state index in [2.05, 4.69) is 49.1 Å². The van der Waals surface area contributed by atoms with Gasteiger partial charge in [-0.3, -0.25) is 9.69 Å². The maximum absolute atomic E-state index is 12.4. The fourth-order valence-corrected chi connectivity index (χ4v) is 4.12. The van der Waals surface area contributed by atoms with Crippen LogP contribution in [0.5, 0.6) is 0 Å². The number of hydrogen-bond donors (Lipinski definition) is 0. The topological polar surface area (TPSA) is 29.5 Å². The fraction of sp³-hybridized carbons (Fsp3) is 0.632. The van der Waals surface area contributed by atoms with Crippen LogP contribution in [0.25, 0.3) is 0 Å². The maximum Gasteiger partial charge on any atom is 0.312 e. The van der Waals surface area contributed by atoms with Crippen LogP contribution < -0.4 is 0 Å². The minimum absolute atomic E-state index is 0.0427. The predicted molar refractivity (Wildman–Crippen MR) is 87.4 cm³/mol. The van der Waals surface area contributed by atoms with Gasteiger partial charge in [-0.15, -0.1) is 0 Å². The molecule has 3 nitrogen and oxygen atoms in total. The molecule has 0 amide bonds. The Kier molecular flexibility index (Phi) is 4.26. The maximum atomic E-state index is 12.4. The first-order valence-corrected chi connectivity index (χ1v) is 8.54. The lowest BCUT2D eigenvalue weighted by molar-refractivity contribution is -0.152. The molecule has 2 fully saturated rings. The largest absolute Gasteiger partial charge is 0.466 e. The molecule has 1 aliphatic carbocycles. The smallest absolute Gasteiger partial charge is 0.312 e. The normalized spacial score (nSPS) is 28.3. The van der Waals surface area contributed by atoms with Crippen molar-refractivity contribution >= 4 is 5.97 Å². The summed E-state index contributed by atoms with van der Waals surface area (Å²) < 4.78 is 5.35. The summed E-state index contributed by atoms with van der Waals surface area (Å²) in [5, 5.41) is 0. The third-order valence-electron chi connectivity index (χ3n) is 5.65. The molecule has 1 heterocycles. The molecule has 0 radical (unpaired) electrons. The van der Waals surface area contributed by atoms with Crippen molar-refractivity contribution in [1.29, 1.82) is 0 Å². The highest BCUT2D eigenvalue weighted by molar-refractivity contribution is 5.80. The second-order valence-electron chi connectivity index (χ2n) is 7.00. The van der Waals surface area contributed by atoms with E-state index in [0.29, 0.717) is 24.5 Å². The van der Waals surface area contributed by atoms with Gasteiger partial charge in [-0.2, -0.15) is 0 Å². The van der Waals surface area contributed by atoms with Gasteiger partial charge in [-0.25, -0.2) is 0 Å². The molecule has 1 saturated carbocycles. The molecule has 3 heteroatoms. The zero-order valence-electron chi connectivity index (χ0n) is 13.9. The Bertz CT molecular complexity index is 523. The molecule has 0 aromatic heterocycles. The molecular weight excluding hydrogens is 274 g/mol. The highest BCUT2D eigenvalue weighted by atomic mass is 16.5. The number of rotatable bonds is 5. The standard InChI is InChI=1S/C19H27NO2/c1-4-22-18(21)19(10-11-19)17-13-20(12-14(17)2)15(3)16-8-6-5-7-9-16/h5-9,14-15,17H,4,10-13H2,1-3H3/t14?,15?,17-/m0/s1. The van der Waals surface area contributed by atoms with E-state index in [0.717, 1.165) is 25.9 Å². The molecule has 1 saturated heterocycles. The van der Waals surface area contributed by atoms with E-state index in [1.807, 2.05) is 6.92 Å². The first-order chi connectivity index (χ1) is 10.6. The van der Waals surface area contributed by atoms with Crippen LogP contribution in [0.3, 0.4) is 0 Å². The first-order valence-electron chi connectivity index (χ1n) is 8.54. The van der Waals surface area contributed by atoms with Crippen molar-refractivity contribution in [3.05, 3.63) is 35.9 Å². The molecule has 3 atom stereocenters. The van der Waals surface area contributed by atoms with Crippen LogP contribution in [0.4, 0.5) is 0 Å². The van der Waals surface area contributed by atoms with Crippen molar-refractivity contribution in [2.24, 2.45) is 17.3 Å². The van der Waals surface area contributed by atoms with Crippen molar-refractivity contribution in [3.8, 4) is 0 Å². The highest BCUT2D eigenvalue weighted by Gasteiger charge is 2.60. The Morgan fingerprint density at radius 1 is 1.32 bits per heavy atom. The average Bonchev–Trinajstić information content (AvgIpc) is 3.25. The lowest BCUT2D eigenvalue weighted by Crippen LogP contribution is -2.32. The van der Waals surface area contributed by atoms with Crippen molar-refractivity contribution in [1.82, 2.24) is 4.90 Å². The molecular formula is C19H27NO2. The summed E-state index contributed by atoms with van der Waals surface area (Å²) in [6, 6.07) is 11.1. The van der Waals surface area contributed by atoms with Gasteiger partial charge < -0.3 is 4.74 Å². The summed E-state index contributed by atoms with van der Waals surface area (Å²) in [6.45, 7) is 9.04. The second-order valence-corrected chi connectivity index (χ2v) is 7.00. The molecule has 0 N–H and O–H groups in total. The van der Waals surface area contributed by atoms with Gasteiger partial charge >= 0.3 is 5.97 Å². The number of nitrogens with zero attached hydrogens (tertiary/aromatic N) is 1. The average molecular weight is 301 g/mol. The van der Waals surface area contributed by atoms with Gasteiger partial charge in [0.05, 0.1) is 12.0 Å². The number of esters is 1. The van der Waals surface area contributed by atoms with Crippen LogP contribution in [0.2, 0.25) is 0 Å². The van der Waals surface area contributed by atoms with Crippen LogP contribution in [-0.4, -0.2) is 30.6 Å². The van der Waals surface area contributed by atoms with Gasteiger partial charge in [-0.1, -0.05) is 37.3 Å². The fourth-order valence-electron chi connectivity index (χ4n) is 4.12. The molecule has 120 valence electrons. The quantitative estimate of drug-likeness (QED) is 0.777. The van der Waals surface area contributed by atoms with Crippen LogP contribution >= 0.6 is 0 Å². The van der Waals surface area contributed by atoms with Crippen LogP contribution in [0, 0.1) is 17.3 Å². The van der Waals surface area contributed by atoms with Gasteiger partial charge in [0, 0.05) is 19.1 Å². The number of ether oxygens (including phenoxy) is 1. The SMILES string of the molecule is CCOC(=O)C1([C@H]2CN(C(C)c3ccccc3)CC2C)CC1. The molecule has 0 spiro atoms. The molecule has 1 aliphatic heterocycles. The number of carbonyl (C=O) groups is 1. The zero-order valence-corrected chi connectivity index (χ0v) is 13.9. The summed E-state index contributed by atoms with van der Waals surface area (Å²) in [7, 11) is 0. The summed E-state index contributed by atoms with van der Waals surface area (Å²) in [4.78, 5) is 14.9. The molecule has 22 heavy (non-hydrogen) atoms. The van der Waals surface area contributed by atoms with Crippen LogP contribution in [0.15, 0.2) is 30.3 Å². The van der Waals surface area contributed by atoms with Gasteiger partial charge in [0.2, 0.25) is 0 Å². The van der Waals surface area contributed by atoms with E-state index >= 15 is 0 Å². The molecule has 2 unspecified atom stereocenters. The van der Waals surface area contributed by atoms with E-state index in [1.54, 1.807) is 0 Å². The summed E-state index contributed by atoms with van der Waals surface area (Å²) >= 11 is 0. The number of benzene rings is 1. The number of likely N-dealkylation sites (tertiary alicyclic amines) is 1. The van der Waals surface area contributed by atoms with E-state index in [1.165, 1.54) is 5.56 Å².